The number of hydrogen-bond donors (Lipinski definition) is 7. The third-order valence-electron chi connectivity index (χ3n) is 4.66. The van der Waals surface area contributed by atoms with Crippen molar-refractivity contribution < 1.29 is 34.2 Å². The molecule has 4 atom stereocenters. The number of aliphatic carboxylic acids is 2. The van der Waals surface area contributed by atoms with Crippen molar-refractivity contribution in [3.8, 4) is 0 Å². The van der Waals surface area contributed by atoms with Gasteiger partial charge in [-0.15, -0.1) is 0 Å². The van der Waals surface area contributed by atoms with Crippen molar-refractivity contribution in [1.29, 1.82) is 0 Å². The predicted octanol–water partition coefficient (Wildman–Crippen LogP) is -1.09. The maximum Gasteiger partial charge on any atom is 0.326 e. The van der Waals surface area contributed by atoms with Crippen LogP contribution >= 0.6 is 0 Å². The SMILES string of the molecule is CC(C)C[C@H](NC(=O)[C@H](C)NC(=O)[C@@H](N)CCCCN)C(=O)N[C@@H](CCC(=O)O)C(=O)O. The minimum absolute atomic E-state index is 0.0192. The van der Waals surface area contributed by atoms with E-state index in [1.807, 2.05) is 13.8 Å². The summed E-state index contributed by atoms with van der Waals surface area (Å²) in [4.78, 5) is 59.4. The number of rotatable bonds is 16. The third-order valence-corrected chi connectivity index (χ3v) is 4.66. The summed E-state index contributed by atoms with van der Waals surface area (Å²) in [5, 5.41) is 25.3. The fraction of sp³-hybridized carbons (Fsp3) is 0.750. The van der Waals surface area contributed by atoms with E-state index in [1.165, 1.54) is 6.92 Å². The number of hydrogen-bond acceptors (Lipinski definition) is 7. The number of unbranched alkanes of at least 4 members (excludes halogenated alkanes) is 1. The average Bonchev–Trinajstić information content (AvgIpc) is 2.69. The number of amides is 3. The van der Waals surface area contributed by atoms with Crippen LogP contribution in [0.1, 0.15) is 59.3 Å². The normalized spacial score (nSPS) is 14.7. The Morgan fingerprint density at radius 2 is 1.41 bits per heavy atom. The maximum atomic E-state index is 12.6. The molecule has 3 amide bonds. The van der Waals surface area contributed by atoms with Crippen molar-refractivity contribution in [1.82, 2.24) is 16.0 Å². The fourth-order valence-electron chi connectivity index (χ4n) is 2.82. The summed E-state index contributed by atoms with van der Waals surface area (Å²) in [5.74, 6) is -4.47. The van der Waals surface area contributed by atoms with Crippen LogP contribution < -0.4 is 27.4 Å². The molecule has 0 radical (unpaired) electrons. The number of carboxylic acid groups (broad SMARTS) is 2. The summed E-state index contributed by atoms with van der Waals surface area (Å²) in [5.41, 5.74) is 11.2. The third kappa shape index (κ3) is 12.2. The number of nitrogens with two attached hydrogens (primary N) is 2. The molecule has 0 aliphatic heterocycles. The van der Waals surface area contributed by atoms with Crippen LogP contribution in [0.3, 0.4) is 0 Å². The van der Waals surface area contributed by atoms with E-state index in [9.17, 15) is 29.1 Å². The Balaban J connectivity index is 5.03. The first-order chi connectivity index (χ1) is 14.9. The highest BCUT2D eigenvalue weighted by Crippen LogP contribution is 2.07. The van der Waals surface area contributed by atoms with Gasteiger partial charge in [0.15, 0.2) is 0 Å². The molecule has 0 fully saturated rings. The van der Waals surface area contributed by atoms with Gasteiger partial charge in [0.1, 0.15) is 18.1 Å². The van der Waals surface area contributed by atoms with Gasteiger partial charge in [-0.1, -0.05) is 20.3 Å². The minimum Gasteiger partial charge on any atom is -0.481 e. The van der Waals surface area contributed by atoms with Crippen molar-refractivity contribution in [2.45, 2.75) is 83.5 Å². The predicted molar refractivity (Wildman–Crippen MR) is 116 cm³/mol. The Labute approximate surface area is 187 Å². The zero-order chi connectivity index (χ0) is 24.8. The lowest BCUT2D eigenvalue weighted by Gasteiger charge is -2.24. The zero-order valence-electron chi connectivity index (χ0n) is 18.9. The molecule has 184 valence electrons. The van der Waals surface area contributed by atoms with Gasteiger partial charge in [-0.05, 0) is 45.1 Å². The van der Waals surface area contributed by atoms with Crippen molar-refractivity contribution in [3.63, 3.8) is 0 Å². The van der Waals surface area contributed by atoms with Crippen molar-refractivity contribution >= 4 is 29.7 Å². The Bertz CT molecular complexity index is 656. The highest BCUT2D eigenvalue weighted by atomic mass is 16.4. The highest BCUT2D eigenvalue weighted by molar-refractivity contribution is 5.93. The molecule has 0 spiro atoms. The van der Waals surface area contributed by atoms with Gasteiger partial charge in [-0.2, -0.15) is 0 Å². The number of nitrogens with one attached hydrogen (secondary N) is 3. The smallest absolute Gasteiger partial charge is 0.326 e. The number of carbonyl (C=O) groups is 5. The molecule has 0 aromatic heterocycles. The molecular weight excluding hydrogens is 422 g/mol. The van der Waals surface area contributed by atoms with E-state index >= 15 is 0 Å². The molecule has 0 aromatic carbocycles. The van der Waals surface area contributed by atoms with Crippen molar-refractivity contribution in [2.24, 2.45) is 17.4 Å². The Morgan fingerprint density at radius 1 is 0.812 bits per heavy atom. The summed E-state index contributed by atoms with van der Waals surface area (Å²) < 4.78 is 0. The summed E-state index contributed by atoms with van der Waals surface area (Å²) in [6, 6.07) is -4.24. The van der Waals surface area contributed by atoms with Gasteiger partial charge < -0.3 is 37.6 Å². The molecule has 0 unspecified atom stereocenters. The average molecular weight is 460 g/mol. The van der Waals surface area contributed by atoms with Crippen LogP contribution in [0.15, 0.2) is 0 Å². The fourth-order valence-corrected chi connectivity index (χ4v) is 2.82. The summed E-state index contributed by atoms with van der Waals surface area (Å²) in [6.07, 6.45) is 1.30. The largest absolute Gasteiger partial charge is 0.481 e. The maximum absolute atomic E-state index is 12.6. The molecule has 0 saturated carbocycles. The number of carbonyl (C=O) groups excluding carboxylic acids is 3. The first kappa shape index (κ1) is 29.3. The van der Waals surface area contributed by atoms with Crippen molar-refractivity contribution in [3.05, 3.63) is 0 Å². The van der Waals surface area contributed by atoms with Crippen LogP contribution in [-0.2, 0) is 24.0 Å². The van der Waals surface area contributed by atoms with E-state index in [1.54, 1.807) is 0 Å². The Kier molecular flexibility index (Phi) is 13.8. The van der Waals surface area contributed by atoms with Crippen LogP contribution in [0, 0.1) is 5.92 Å². The van der Waals surface area contributed by atoms with Crippen LogP contribution in [0.4, 0.5) is 0 Å². The molecule has 0 aliphatic carbocycles. The molecule has 9 N–H and O–H groups in total. The van der Waals surface area contributed by atoms with Gasteiger partial charge >= 0.3 is 11.9 Å². The van der Waals surface area contributed by atoms with Crippen LogP contribution in [-0.4, -0.2) is 70.6 Å². The lowest BCUT2D eigenvalue weighted by molar-refractivity contribution is -0.143. The van der Waals surface area contributed by atoms with E-state index in [0.717, 1.165) is 6.42 Å². The topological polar surface area (TPSA) is 214 Å². The van der Waals surface area contributed by atoms with Gasteiger partial charge in [0.2, 0.25) is 17.7 Å². The van der Waals surface area contributed by atoms with E-state index in [-0.39, 0.29) is 18.8 Å². The second-order valence-electron chi connectivity index (χ2n) is 8.14. The van der Waals surface area contributed by atoms with Gasteiger partial charge in [0, 0.05) is 6.42 Å². The summed E-state index contributed by atoms with van der Waals surface area (Å²) >= 11 is 0. The second kappa shape index (κ2) is 15.1. The summed E-state index contributed by atoms with van der Waals surface area (Å²) in [7, 11) is 0. The first-order valence-corrected chi connectivity index (χ1v) is 10.7. The molecule has 0 bridgehead atoms. The minimum atomic E-state index is -1.41. The monoisotopic (exact) mass is 459 g/mol. The van der Waals surface area contributed by atoms with E-state index in [0.29, 0.717) is 19.4 Å². The molecule has 32 heavy (non-hydrogen) atoms. The van der Waals surface area contributed by atoms with E-state index in [2.05, 4.69) is 16.0 Å². The lowest BCUT2D eigenvalue weighted by atomic mass is 10.0. The van der Waals surface area contributed by atoms with Gasteiger partial charge in [0.25, 0.3) is 0 Å². The van der Waals surface area contributed by atoms with Crippen LogP contribution in [0.5, 0.6) is 0 Å². The molecule has 12 nitrogen and oxygen atoms in total. The zero-order valence-corrected chi connectivity index (χ0v) is 18.9. The Hall–Kier alpha value is -2.73. The lowest BCUT2D eigenvalue weighted by Crippen LogP contribution is -2.56. The number of carboxylic acids is 2. The molecular formula is C20H37N5O7. The van der Waals surface area contributed by atoms with E-state index < -0.39 is 60.2 Å². The van der Waals surface area contributed by atoms with Crippen molar-refractivity contribution in [2.75, 3.05) is 6.54 Å². The second-order valence-corrected chi connectivity index (χ2v) is 8.14. The molecule has 0 aromatic rings. The van der Waals surface area contributed by atoms with E-state index in [4.69, 9.17) is 16.6 Å². The van der Waals surface area contributed by atoms with Crippen LogP contribution in [0.2, 0.25) is 0 Å². The van der Waals surface area contributed by atoms with Crippen LogP contribution in [0.25, 0.3) is 0 Å². The quantitative estimate of drug-likeness (QED) is 0.139. The molecule has 12 heteroatoms. The van der Waals surface area contributed by atoms with Gasteiger partial charge in [-0.3, -0.25) is 19.2 Å². The summed E-state index contributed by atoms with van der Waals surface area (Å²) in [6.45, 7) is 5.57. The van der Waals surface area contributed by atoms with Gasteiger partial charge in [0.05, 0.1) is 6.04 Å². The Morgan fingerprint density at radius 3 is 1.91 bits per heavy atom. The molecule has 0 saturated heterocycles. The highest BCUT2D eigenvalue weighted by Gasteiger charge is 2.29. The molecule has 0 aliphatic rings. The standard InChI is InChI=1S/C20H37N5O7/c1-11(2)10-15(19(30)24-14(20(31)32)7-8-16(26)27)25-17(28)12(3)23-18(29)13(22)6-4-5-9-21/h11-15H,4-10,21-22H2,1-3H3,(H,23,29)(H,24,30)(H,25,28)(H,26,27)(H,31,32)/t12-,13-,14-,15-/m0/s1. The first-order valence-electron chi connectivity index (χ1n) is 10.7. The molecule has 0 heterocycles. The van der Waals surface area contributed by atoms with Gasteiger partial charge in [-0.25, -0.2) is 4.79 Å². The molecule has 0 rings (SSSR count).